The van der Waals surface area contributed by atoms with Crippen LogP contribution in [0.2, 0.25) is 5.02 Å². The molecule has 0 unspecified atom stereocenters. The maximum atomic E-state index is 5.89. The van der Waals surface area contributed by atoms with Crippen molar-refractivity contribution in [3.63, 3.8) is 0 Å². The van der Waals surface area contributed by atoms with Crippen LogP contribution in [0.5, 0.6) is 0 Å². The third-order valence-electron chi connectivity index (χ3n) is 2.76. The molecular formula is C14H19ClN4S. The van der Waals surface area contributed by atoms with Gasteiger partial charge in [0, 0.05) is 18.1 Å². The summed E-state index contributed by atoms with van der Waals surface area (Å²) in [6.45, 7) is 4.74. The van der Waals surface area contributed by atoms with Gasteiger partial charge in [0.1, 0.15) is 5.01 Å². The van der Waals surface area contributed by atoms with Gasteiger partial charge in [-0.3, -0.25) is 4.90 Å². The van der Waals surface area contributed by atoms with E-state index in [1.807, 2.05) is 24.3 Å². The van der Waals surface area contributed by atoms with Crippen molar-refractivity contribution < 1.29 is 0 Å². The molecule has 2 rings (SSSR count). The number of anilines is 1. The Labute approximate surface area is 128 Å². The van der Waals surface area contributed by atoms with Crippen LogP contribution in [0.1, 0.15) is 23.9 Å². The molecule has 0 radical (unpaired) electrons. The summed E-state index contributed by atoms with van der Waals surface area (Å²) in [6, 6.07) is 7.94. The van der Waals surface area contributed by atoms with E-state index >= 15 is 0 Å². The van der Waals surface area contributed by atoms with Gasteiger partial charge in [0.2, 0.25) is 5.13 Å². The lowest BCUT2D eigenvalue weighted by Crippen LogP contribution is -2.17. The van der Waals surface area contributed by atoms with Gasteiger partial charge in [0.05, 0.1) is 6.54 Å². The molecule has 0 aliphatic carbocycles. The number of aromatic nitrogens is 2. The van der Waals surface area contributed by atoms with E-state index in [-0.39, 0.29) is 0 Å². The van der Waals surface area contributed by atoms with E-state index in [9.17, 15) is 0 Å². The van der Waals surface area contributed by atoms with Crippen LogP contribution < -0.4 is 5.32 Å². The smallest absolute Gasteiger partial charge is 0.205 e. The Kier molecular flexibility index (Phi) is 5.76. The van der Waals surface area contributed by atoms with Gasteiger partial charge in [-0.25, -0.2) is 0 Å². The molecule has 0 bridgehead atoms. The first-order valence-corrected chi connectivity index (χ1v) is 7.86. The summed E-state index contributed by atoms with van der Waals surface area (Å²) < 4.78 is 0. The lowest BCUT2D eigenvalue weighted by Gasteiger charge is -2.14. The van der Waals surface area contributed by atoms with Crippen molar-refractivity contribution in [3.8, 4) is 0 Å². The van der Waals surface area contributed by atoms with Crippen LogP contribution in [0.15, 0.2) is 24.3 Å². The first kappa shape index (κ1) is 15.2. The summed E-state index contributed by atoms with van der Waals surface area (Å²) in [5.74, 6) is 0. The van der Waals surface area contributed by atoms with Crippen molar-refractivity contribution in [1.82, 2.24) is 15.1 Å². The highest BCUT2D eigenvalue weighted by atomic mass is 35.5. The average molecular weight is 311 g/mol. The minimum absolute atomic E-state index is 0.771. The maximum absolute atomic E-state index is 5.89. The lowest BCUT2D eigenvalue weighted by atomic mass is 10.2. The van der Waals surface area contributed by atoms with E-state index in [1.54, 1.807) is 11.3 Å². The van der Waals surface area contributed by atoms with Gasteiger partial charge in [-0.1, -0.05) is 42.0 Å². The highest BCUT2D eigenvalue weighted by Gasteiger charge is 2.07. The Balaban J connectivity index is 1.86. The SMILES string of the molecule is CCCNc1nnc(CN(C)Cc2ccc(Cl)cc2)s1. The molecule has 1 aromatic carbocycles. The second kappa shape index (κ2) is 7.57. The molecule has 1 aromatic heterocycles. The number of nitrogens with zero attached hydrogens (tertiary/aromatic N) is 3. The highest BCUT2D eigenvalue weighted by molar-refractivity contribution is 7.15. The van der Waals surface area contributed by atoms with Crippen LogP contribution in [0.4, 0.5) is 5.13 Å². The van der Waals surface area contributed by atoms with E-state index in [1.165, 1.54) is 5.56 Å². The minimum Gasteiger partial charge on any atom is -0.360 e. The summed E-state index contributed by atoms with van der Waals surface area (Å²) in [4.78, 5) is 2.22. The first-order valence-electron chi connectivity index (χ1n) is 6.66. The van der Waals surface area contributed by atoms with Crippen molar-refractivity contribution in [2.75, 3.05) is 18.9 Å². The quantitative estimate of drug-likeness (QED) is 0.847. The number of rotatable bonds is 7. The molecule has 20 heavy (non-hydrogen) atoms. The standard InChI is InChI=1S/C14H19ClN4S/c1-3-8-16-14-18-17-13(20-14)10-19(2)9-11-4-6-12(15)7-5-11/h4-7H,3,8-10H2,1-2H3,(H,16,18). The van der Waals surface area contributed by atoms with Gasteiger partial charge in [-0.05, 0) is 31.2 Å². The number of benzene rings is 1. The summed E-state index contributed by atoms with van der Waals surface area (Å²) >= 11 is 7.50. The predicted octanol–water partition coefficient (Wildman–Crippen LogP) is 3.65. The van der Waals surface area contributed by atoms with Gasteiger partial charge in [0.25, 0.3) is 0 Å². The molecule has 0 fully saturated rings. The molecule has 0 atom stereocenters. The Morgan fingerprint density at radius 1 is 1.20 bits per heavy atom. The highest BCUT2D eigenvalue weighted by Crippen LogP contribution is 2.17. The Bertz CT molecular complexity index is 526. The molecule has 0 aliphatic rings. The van der Waals surface area contributed by atoms with Crippen molar-refractivity contribution in [3.05, 3.63) is 39.9 Å². The zero-order valence-electron chi connectivity index (χ0n) is 11.8. The third kappa shape index (κ3) is 4.74. The largest absolute Gasteiger partial charge is 0.360 e. The fourth-order valence-electron chi connectivity index (χ4n) is 1.81. The van der Waals surface area contributed by atoms with Crippen molar-refractivity contribution >= 4 is 28.1 Å². The molecule has 1 N–H and O–H groups in total. The maximum Gasteiger partial charge on any atom is 0.205 e. The van der Waals surface area contributed by atoms with Gasteiger partial charge in [-0.2, -0.15) is 0 Å². The summed E-state index contributed by atoms with van der Waals surface area (Å²) in [5, 5.41) is 14.3. The Hall–Kier alpha value is -1.17. The van der Waals surface area contributed by atoms with Crippen molar-refractivity contribution in [2.24, 2.45) is 0 Å². The van der Waals surface area contributed by atoms with Gasteiger partial charge < -0.3 is 5.32 Å². The predicted molar refractivity (Wildman–Crippen MR) is 85.3 cm³/mol. The summed E-state index contributed by atoms with van der Waals surface area (Å²) in [7, 11) is 2.08. The Morgan fingerprint density at radius 2 is 1.95 bits per heavy atom. The van der Waals surface area contributed by atoms with E-state index in [0.717, 1.165) is 41.2 Å². The minimum atomic E-state index is 0.771. The van der Waals surface area contributed by atoms with Crippen LogP contribution in [-0.2, 0) is 13.1 Å². The molecule has 2 aromatic rings. The molecule has 6 heteroatoms. The van der Waals surface area contributed by atoms with Crippen molar-refractivity contribution in [2.45, 2.75) is 26.4 Å². The number of hydrogen-bond acceptors (Lipinski definition) is 5. The fraction of sp³-hybridized carbons (Fsp3) is 0.429. The van der Waals surface area contributed by atoms with Gasteiger partial charge in [-0.15, -0.1) is 10.2 Å². The average Bonchev–Trinajstić information content (AvgIpc) is 2.86. The lowest BCUT2D eigenvalue weighted by molar-refractivity contribution is 0.317. The van der Waals surface area contributed by atoms with Gasteiger partial charge in [0.15, 0.2) is 0 Å². The monoisotopic (exact) mass is 310 g/mol. The van der Waals surface area contributed by atoms with Gasteiger partial charge >= 0.3 is 0 Å². The van der Waals surface area contributed by atoms with E-state index in [2.05, 4.69) is 34.4 Å². The summed E-state index contributed by atoms with van der Waals surface area (Å²) in [6.07, 6.45) is 1.09. The fourth-order valence-corrected chi connectivity index (χ4v) is 2.78. The molecule has 1 heterocycles. The zero-order chi connectivity index (χ0) is 14.4. The van der Waals surface area contributed by atoms with Crippen LogP contribution >= 0.6 is 22.9 Å². The number of halogens is 1. The van der Waals surface area contributed by atoms with Crippen LogP contribution in [-0.4, -0.2) is 28.7 Å². The molecule has 0 saturated carbocycles. The first-order chi connectivity index (χ1) is 9.67. The molecule has 0 aliphatic heterocycles. The van der Waals surface area contributed by atoms with E-state index < -0.39 is 0 Å². The molecule has 4 nitrogen and oxygen atoms in total. The Morgan fingerprint density at radius 3 is 2.65 bits per heavy atom. The molecule has 0 saturated heterocycles. The van der Waals surface area contributed by atoms with Crippen LogP contribution in [0, 0.1) is 0 Å². The molecule has 0 spiro atoms. The normalized spacial score (nSPS) is 11.0. The second-order valence-corrected chi connectivity index (χ2v) is 6.22. The topological polar surface area (TPSA) is 41.1 Å². The summed E-state index contributed by atoms with van der Waals surface area (Å²) in [5.41, 5.74) is 1.24. The molecule has 108 valence electrons. The second-order valence-electron chi connectivity index (χ2n) is 4.73. The van der Waals surface area contributed by atoms with Crippen LogP contribution in [0.25, 0.3) is 0 Å². The molecular weight excluding hydrogens is 292 g/mol. The third-order valence-corrected chi connectivity index (χ3v) is 3.88. The molecule has 0 amide bonds. The zero-order valence-corrected chi connectivity index (χ0v) is 13.3. The van der Waals surface area contributed by atoms with E-state index in [0.29, 0.717) is 0 Å². The van der Waals surface area contributed by atoms with E-state index in [4.69, 9.17) is 11.6 Å². The number of nitrogens with one attached hydrogen (secondary N) is 1. The van der Waals surface area contributed by atoms with Crippen LogP contribution in [0.3, 0.4) is 0 Å². The number of hydrogen-bond donors (Lipinski definition) is 1. The van der Waals surface area contributed by atoms with Crippen molar-refractivity contribution in [1.29, 1.82) is 0 Å².